The Balaban J connectivity index is 1.45. The fourth-order valence-corrected chi connectivity index (χ4v) is 3.20. The molecule has 1 saturated heterocycles. The molecule has 134 valence electrons. The van der Waals surface area contributed by atoms with Gasteiger partial charge in [0.2, 0.25) is 0 Å². The Kier molecular flexibility index (Phi) is 6.42. The van der Waals surface area contributed by atoms with Gasteiger partial charge in [-0.2, -0.15) is 0 Å². The van der Waals surface area contributed by atoms with Crippen LogP contribution in [-0.2, 0) is 0 Å². The van der Waals surface area contributed by atoms with Crippen LogP contribution in [0.25, 0.3) is 0 Å². The number of methoxy groups -OCH3 is 1. The third-order valence-electron chi connectivity index (χ3n) is 4.52. The van der Waals surface area contributed by atoms with E-state index in [0.717, 1.165) is 55.7 Å². The topological polar surface area (TPSA) is 24.9 Å². The van der Waals surface area contributed by atoms with Gasteiger partial charge in [-0.25, -0.2) is 0 Å². The second-order valence-corrected chi connectivity index (χ2v) is 6.62. The van der Waals surface area contributed by atoms with Crippen LogP contribution in [0.4, 0.5) is 5.69 Å². The Hall–Kier alpha value is -1.91. The van der Waals surface area contributed by atoms with Gasteiger partial charge in [0, 0.05) is 43.4 Å². The summed E-state index contributed by atoms with van der Waals surface area (Å²) < 4.78 is 11.1. The zero-order valence-corrected chi connectivity index (χ0v) is 15.4. The van der Waals surface area contributed by atoms with Crippen molar-refractivity contribution in [2.75, 3.05) is 51.3 Å². The van der Waals surface area contributed by atoms with E-state index in [9.17, 15) is 0 Å². The molecular formula is C20H25ClN2O2. The van der Waals surface area contributed by atoms with Crippen LogP contribution in [0.15, 0.2) is 48.5 Å². The molecule has 25 heavy (non-hydrogen) atoms. The lowest BCUT2D eigenvalue weighted by Crippen LogP contribution is -2.33. The first kappa shape index (κ1) is 17.9. The minimum atomic E-state index is 0.699. The zero-order chi connectivity index (χ0) is 17.5. The first-order valence-corrected chi connectivity index (χ1v) is 9.12. The Morgan fingerprint density at radius 2 is 1.60 bits per heavy atom. The lowest BCUT2D eigenvalue weighted by atomic mass is 10.2. The summed E-state index contributed by atoms with van der Waals surface area (Å²) in [4.78, 5) is 4.92. The third-order valence-corrected chi connectivity index (χ3v) is 4.77. The molecule has 2 aromatic carbocycles. The summed E-state index contributed by atoms with van der Waals surface area (Å²) >= 11 is 5.89. The molecule has 0 amide bonds. The molecule has 1 heterocycles. The number of nitrogens with zero attached hydrogens (tertiary/aromatic N) is 2. The van der Waals surface area contributed by atoms with Crippen molar-refractivity contribution in [2.24, 2.45) is 0 Å². The maximum atomic E-state index is 5.89. The first-order chi connectivity index (χ1) is 12.2. The van der Waals surface area contributed by atoms with Crippen LogP contribution in [0.3, 0.4) is 0 Å². The minimum Gasteiger partial charge on any atom is -0.497 e. The van der Waals surface area contributed by atoms with Crippen molar-refractivity contribution in [1.82, 2.24) is 4.90 Å². The lowest BCUT2D eigenvalue weighted by Gasteiger charge is -2.24. The fraction of sp³-hybridized carbons (Fsp3) is 0.400. The third kappa shape index (κ3) is 5.28. The van der Waals surface area contributed by atoms with E-state index >= 15 is 0 Å². The predicted molar refractivity (Wildman–Crippen MR) is 103 cm³/mol. The second-order valence-electron chi connectivity index (χ2n) is 6.18. The van der Waals surface area contributed by atoms with Gasteiger partial charge in [-0.15, -0.1) is 0 Å². The number of halogens is 1. The number of hydrogen-bond acceptors (Lipinski definition) is 4. The van der Waals surface area contributed by atoms with Gasteiger partial charge in [0.15, 0.2) is 0 Å². The number of benzene rings is 2. The molecule has 1 aliphatic heterocycles. The standard InChI is InChI=1S/C20H25ClN2O2/c1-24-19-9-5-18(6-10-19)23-12-2-11-22(13-14-23)15-16-25-20-7-3-17(21)4-8-20/h3-10H,2,11-16H2,1H3. The number of ether oxygens (including phenoxy) is 2. The molecule has 0 radical (unpaired) electrons. The first-order valence-electron chi connectivity index (χ1n) is 8.74. The quantitative estimate of drug-likeness (QED) is 0.779. The van der Waals surface area contributed by atoms with E-state index in [-0.39, 0.29) is 0 Å². The van der Waals surface area contributed by atoms with Crippen molar-refractivity contribution in [2.45, 2.75) is 6.42 Å². The molecule has 0 bridgehead atoms. The van der Waals surface area contributed by atoms with Crippen molar-refractivity contribution in [1.29, 1.82) is 0 Å². The summed E-state index contributed by atoms with van der Waals surface area (Å²) in [5.74, 6) is 1.78. The summed E-state index contributed by atoms with van der Waals surface area (Å²) in [6, 6.07) is 15.9. The van der Waals surface area contributed by atoms with Crippen LogP contribution in [0.2, 0.25) is 5.02 Å². The average molecular weight is 361 g/mol. The summed E-state index contributed by atoms with van der Waals surface area (Å²) in [7, 11) is 1.70. The van der Waals surface area contributed by atoms with Gasteiger partial charge in [0.25, 0.3) is 0 Å². The van der Waals surface area contributed by atoms with Crippen LogP contribution in [0.5, 0.6) is 11.5 Å². The van der Waals surface area contributed by atoms with Crippen molar-refractivity contribution in [3.05, 3.63) is 53.6 Å². The number of anilines is 1. The van der Waals surface area contributed by atoms with Crippen LogP contribution in [0, 0.1) is 0 Å². The maximum absolute atomic E-state index is 5.89. The molecule has 0 aromatic heterocycles. The molecule has 0 aliphatic carbocycles. The molecule has 0 spiro atoms. The van der Waals surface area contributed by atoms with E-state index in [2.05, 4.69) is 21.9 Å². The molecule has 1 fully saturated rings. The minimum absolute atomic E-state index is 0.699. The Morgan fingerprint density at radius 1 is 0.880 bits per heavy atom. The molecule has 4 nitrogen and oxygen atoms in total. The highest BCUT2D eigenvalue weighted by Crippen LogP contribution is 2.20. The summed E-state index contributed by atoms with van der Waals surface area (Å²) in [6.45, 7) is 5.92. The number of hydrogen-bond donors (Lipinski definition) is 0. The van der Waals surface area contributed by atoms with E-state index in [1.807, 2.05) is 36.4 Å². The van der Waals surface area contributed by atoms with Gasteiger partial charge in [-0.1, -0.05) is 11.6 Å². The predicted octanol–water partition coefficient (Wildman–Crippen LogP) is 3.94. The summed E-state index contributed by atoms with van der Waals surface area (Å²) in [5.41, 5.74) is 1.26. The van der Waals surface area contributed by atoms with E-state index in [0.29, 0.717) is 6.61 Å². The van der Waals surface area contributed by atoms with Crippen molar-refractivity contribution in [3.8, 4) is 11.5 Å². The Morgan fingerprint density at radius 3 is 2.32 bits per heavy atom. The Bertz CT molecular complexity index is 646. The van der Waals surface area contributed by atoms with Crippen LogP contribution < -0.4 is 14.4 Å². The Labute approximate surface area is 154 Å². The molecule has 0 atom stereocenters. The molecule has 0 saturated carbocycles. The smallest absolute Gasteiger partial charge is 0.119 e. The molecule has 2 aromatic rings. The van der Waals surface area contributed by atoms with Gasteiger partial charge in [0.05, 0.1) is 7.11 Å². The molecule has 5 heteroatoms. The van der Waals surface area contributed by atoms with Crippen molar-refractivity contribution >= 4 is 17.3 Å². The highest BCUT2D eigenvalue weighted by molar-refractivity contribution is 6.30. The average Bonchev–Trinajstić information content (AvgIpc) is 2.89. The van der Waals surface area contributed by atoms with E-state index in [1.54, 1.807) is 7.11 Å². The zero-order valence-electron chi connectivity index (χ0n) is 14.7. The van der Waals surface area contributed by atoms with Crippen LogP contribution >= 0.6 is 11.6 Å². The maximum Gasteiger partial charge on any atom is 0.119 e. The highest BCUT2D eigenvalue weighted by Gasteiger charge is 2.15. The number of rotatable bonds is 6. The normalized spacial score (nSPS) is 15.7. The fourth-order valence-electron chi connectivity index (χ4n) is 3.07. The lowest BCUT2D eigenvalue weighted by molar-refractivity contribution is 0.218. The molecule has 0 N–H and O–H groups in total. The van der Waals surface area contributed by atoms with Gasteiger partial charge in [0.1, 0.15) is 18.1 Å². The highest BCUT2D eigenvalue weighted by atomic mass is 35.5. The van der Waals surface area contributed by atoms with Crippen molar-refractivity contribution < 1.29 is 9.47 Å². The van der Waals surface area contributed by atoms with Gasteiger partial charge in [-0.3, -0.25) is 4.90 Å². The second kappa shape index (κ2) is 8.97. The van der Waals surface area contributed by atoms with Crippen molar-refractivity contribution in [3.63, 3.8) is 0 Å². The molecule has 3 rings (SSSR count). The molecule has 1 aliphatic rings. The van der Waals surface area contributed by atoms with Gasteiger partial charge in [-0.05, 0) is 55.0 Å². The SMILES string of the molecule is COc1ccc(N2CCCN(CCOc3ccc(Cl)cc3)CC2)cc1. The van der Waals surface area contributed by atoms with Crippen LogP contribution in [0.1, 0.15) is 6.42 Å². The van der Waals surface area contributed by atoms with E-state index in [4.69, 9.17) is 21.1 Å². The molecular weight excluding hydrogens is 336 g/mol. The van der Waals surface area contributed by atoms with Crippen LogP contribution in [-0.4, -0.2) is 51.3 Å². The van der Waals surface area contributed by atoms with Gasteiger partial charge >= 0.3 is 0 Å². The monoisotopic (exact) mass is 360 g/mol. The molecule has 0 unspecified atom stereocenters. The van der Waals surface area contributed by atoms with Gasteiger partial charge < -0.3 is 14.4 Å². The van der Waals surface area contributed by atoms with E-state index in [1.165, 1.54) is 5.69 Å². The summed E-state index contributed by atoms with van der Waals surface area (Å²) in [5, 5.41) is 0.735. The summed E-state index contributed by atoms with van der Waals surface area (Å²) in [6.07, 6.45) is 1.16. The van der Waals surface area contributed by atoms with E-state index < -0.39 is 0 Å². The largest absolute Gasteiger partial charge is 0.497 e.